The molecule has 2 aromatic carbocycles. The average molecular weight is 332 g/mol. The monoisotopic (exact) mass is 332 g/mol. The Kier molecular flexibility index (Phi) is 5.00. The molecule has 0 bridgehead atoms. The average Bonchev–Trinajstić information content (AvgIpc) is 2.84. The molecule has 0 unspecified atom stereocenters. The van der Waals surface area contributed by atoms with Gasteiger partial charge in [-0.05, 0) is 35.2 Å². The minimum Gasteiger partial charge on any atom is -0.301 e. The van der Waals surface area contributed by atoms with Crippen molar-refractivity contribution in [3.8, 4) is 0 Å². The Hall–Kier alpha value is -1.90. The second kappa shape index (κ2) is 7.55. The second-order valence-corrected chi connectivity index (χ2v) is 7.22. The van der Waals surface area contributed by atoms with E-state index in [2.05, 4.69) is 77.4 Å². The van der Waals surface area contributed by atoms with Crippen LogP contribution in [-0.4, -0.2) is 42.5 Å². The Balaban J connectivity index is 1.64. The normalized spacial score (nSPS) is 18.6. The number of unbranched alkanes of at least 4 members (excludes halogenated alkanes) is 1. The number of nitrogens with zero attached hydrogens (tertiary/aromatic N) is 2. The molecule has 0 N–H and O–H groups in total. The highest BCUT2D eigenvalue weighted by Gasteiger charge is 2.29. The smallest absolute Gasteiger partial charge is 0.0614 e. The van der Waals surface area contributed by atoms with Crippen LogP contribution in [0.15, 0.2) is 48.5 Å². The van der Waals surface area contributed by atoms with Crippen molar-refractivity contribution in [1.82, 2.24) is 9.80 Å². The summed E-state index contributed by atoms with van der Waals surface area (Å²) in [7, 11) is 0. The van der Waals surface area contributed by atoms with Crippen molar-refractivity contribution >= 4 is 12.2 Å². The van der Waals surface area contributed by atoms with Crippen LogP contribution >= 0.6 is 0 Å². The molecule has 130 valence electrons. The number of piperazine rings is 1. The van der Waals surface area contributed by atoms with Crippen molar-refractivity contribution in [2.24, 2.45) is 0 Å². The summed E-state index contributed by atoms with van der Waals surface area (Å²) in [5.74, 6) is 0. The predicted octanol–water partition coefficient (Wildman–Crippen LogP) is 4.68. The van der Waals surface area contributed by atoms with E-state index in [1.54, 1.807) is 0 Å². The maximum absolute atomic E-state index is 2.69. The zero-order chi connectivity index (χ0) is 17.1. The number of hydrogen-bond donors (Lipinski definition) is 0. The largest absolute Gasteiger partial charge is 0.301 e. The first-order valence-corrected chi connectivity index (χ1v) is 9.69. The quantitative estimate of drug-likeness (QED) is 0.802. The van der Waals surface area contributed by atoms with Gasteiger partial charge >= 0.3 is 0 Å². The molecule has 1 aliphatic heterocycles. The van der Waals surface area contributed by atoms with Crippen molar-refractivity contribution in [3.05, 3.63) is 70.8 Å². The fraction of sp³-hybridized carbons (Fsp3) is 0.391. The van der Waals surface area contributed by atoms with Gasteiger partial charge < -0.3 is 4.90 Å². The van der Waals surface area contributed by atoms with Gasteiger partial charge in [-0.15, -0.1) is 0 Å². The molecule has 2 aromatic rings. The third-order valence-corrected chi connectivity index (χ3v) is 5.62. The number of fused-ring (bicyclic) bond motifs is 2. The summed E-state index contributed by atoms with van der Waals surface area (Å²) in [6.45, 7) is 8.21. The molecule has 0 aromatic heterocycles. The lowest BCUT2D eigenvalue weighted by Crippen LogP contribution is -2.48. The standard InChI is InChI=1S/C23H28N2/c1-2-3-14-24-15-17-25(18-16-24)23-21-10-6-4-8-19(21)12-13-20-9-5-7-11-22(20)23/h4-13,23H,2-3,14-18H2,1H3. The summed E-state index contributed by atoms with van der Waals surface area (Å²) >= 11 is 0. The highest BCUT2D eigenvalue weighted by Crippen LogP contribution is 2.37. The lowest BCUT2D eigenvalue weighted by molar-refractivity contribution is 0.108. The summed E-state index contributed by atoms with van der Waals surface area (Å²) in [5.41, 5.74) is 5.62. The summed E-state index contributed by atoms with van der Waals surface area (Å²) in [4.78, 5) is 5.32. The van der Waals surface area contributed by atoms with E-state index < -0.39 is 0 Å². The Labute approximate surface area is 151 Å². The molecule has 0 spiro atoms. The first-order valence-electron chi connectivity index (χ1n) is 9.69. The van der Waals surface area contributed by atoms with Crippen molar-refractivity contribution in [2.45, 2.75) is 25.8 Å². The first-order chi connectivity index (χ1) is 12.4. The van der Waals surface area contributed by atoms with Crippen LogP contribution in [0.3, 0.4) is 0 Å². The lowest BCUT2D eigenvalue weighted by Gasteiger charge is -2.40. The van der Waals surface area contributed by atoms with Crippen LogP contribution in [0.5, 0.6) is 0 Å². The highest BCUT2D eigenvalue weighted by atomic mass is 15.3. The van der Waals surface area contributed by atoms with Gasteiger partial charge in [0.15, 0.2) is 0 Å². The van der Waals surface area contributed by atoms with Crippen LogP contribution in [0.4, 0.5) is 0 Å². The van der Waals surface area contributed by atoms with Gasteiger partial charge in [-0.2, -0.15) is 0 Å². The summed E-state index contributed by atoms with van der Waals surface area (Å²) < 4.78 is 0. The molecule has 2 heteroatoms. The van der Waals surface area contributed by atoms with E-state index in [1.165, 1.54) is 54.7 Å². The zero-order valence-electron chi connectivity index (χ0n) is 15.2. The van der Waals surface area contributed by atoms with Crippen LogP contribution in [0.1, 0.15) is 48.1 Å². The highest BCUT2D eigenvalue weighted by molar-refractivity contribution is 5.76. The Bertz CT molecular complexity index is 692. The van der Waals surface area contributed by atoms with Crippen LogP contribution in [0.2, 0.25) is 0 Å². The lowest BCUT2D eigenvalue weighted by atomic mass is 9.92. The minimum atomic E-state index is 0.371. The molecule has 25 heavy (non-hydrogen) atoms. The molecule has 2 nitrogen and oxygen atoms in total. The number of hydrogen-bond acceptors (Lipinski definition) is 2. The maximum Gasteiger partial charge on any atom is 0.0614 e. The summed E-state index contributed by atoms with van der Waals surface area (Å²) in [6, 6.07) is 18.2. The Morgan fingerprint density at radius 1 is 0.800 bits per heavy atom. The Morgan fingerprint density at radius 3 is 1.92 bits per heavy atom. The molecule has 0 atom stereocenters. The molecule has 0 radical (unpaired) electrons. The third-order valence-electron chi connectivity index (χ3n) is 5.62. The van der Waals surface area contributed by atoms with Crippen molar-refractivity contribution in [2.75, 3.05) is 32.7 Å². The molecule has 4 rings (SSSR count). The topological polar surface area (TPSA) is 6.48 Å². The molecular formula is C23H28N2. The second-order valence-electron chi connectivity index (χ2n) is 7.22. The van der Waals surface area contributed by atoms with Crippen LogP contribution < -0.4 is 0 Å². The van der Waals surface area contributed by atoms with Crippen molar-refractivity contribution < 1.29 is 0 Å². The number of benzene rings is 2. The van der Waals surface area contributed by atoms with Gasteiger partial charge in [0.25, 0.3) is 0 Å². The Morgan fingerprint density at radius 2 is 1.36 bits per heavy atom. The molecular weight excluding hydrogens is 304 g/mol. The molecule has 1 aliphatic carbocycles. The third kappa shape index (κ3) is 3.42. The molecule has 0 amide bonds. The van der Waals surface area contributed by atoms with Gasteiger partial charge in [-0.3, -0.25) is 4.90 Å². The molecule has 1 saturated heterocycles. The molecule has 1 fully saturated rings. The van der Waals surface area contributed by atoms with Gasteiger partial charge in [0, 0.05) is 26.2 Å². The predicted molar refractivity (Wildman–Crippen MR) is 107 cm³/mol. The molecule has 0 saturated carbocycles. The van der Waals surface area contributed by atoms with Crippen LogP contribution in [0, 0.1) is 0 Å². The first kappa shape index (κ1) is 16.6. The fourth-order valence-electron chi connectivity index (χ4n) is 4.19. The minimum absolute atomic E-state index is 0.371. The van der Waals surface area contributed by atoms with Gasteiger partial charge in [0.1, 0.15) is 0 Å². The van der Waals surface area contributed by atoms with E-state index in [0.717, 1.165) is 13.1 Å². The maximum atomic E-state index is 2.69. The van der Waals surface area contributed by atoms with E-state index in [9.17, 15) is 0 Å². The van der Waals surface area contributed by atoms with Crippen molar-refractivity contribution in [1.29, 1.82) is 0 Å². The molecule has 2 aliphatic rings. The van der Waals surface area contributed by atoms with E-state index in [0.29, 0.717) is 6.04 Å². The van der Waals surface area contributed by atoms with Gasteiger partial charge in [-0.25, -0.2) is 0 Å². The van der Waals surface area contributed by atoms with E-state index in [-0.39, 0.29) is 0 Å². The van der Waals surface area contributed by atoms with Crippen LogP contribution in [-0.2, 0) is 0 Å². The van der Waals surface area contributed by atoms with E-state index in [1.807, 2.05) is 0 Å². The number of rotatable bonds is 4. The SMILES string of the molecule is CCCCN1CCN(C2c3ccccc3C=Cc3ccccc32)CC1. The van der Waals surface area contributed by atoms with E-state index >= 15 is 0 Å². The molecule has 1 heterocycles. The fourth-order valence-corrected chi connectivity index (χ4v) is 4.19. The summed E-state index contributed by atoms with van der Waals surface area (Å²) in [6.07, 6.45) is 7.17. The van der Waals surface area contributed by atoms with Gasteiger partial charge in [0.05, 0.1) is 6.04 Å². The van der Waals surface area contributed by atoms with Crippen LogP contribution in [0.25, 0.3) is 12.2 Å². The zero-order valence-corrected chi connectivity index (χ0v) is 15.2. The van der Waals surface area contributed by atoms with Gasteiger partial charge in [-0.1, -0.05) is 74.0 Å². The van der Waals surface area contributed by atoms with Crippen molar-refractivity contribution in [3.63, 3.8) is 0 Å². The van der Waals surface area contributed by atoms with E-state index in [4.69, 9.17) is 0 Å². The summed E-state index contributed by atoms with van der Waals surface area (Å²) in [5, 5.41) is 0. The van der Waals surface area contributed by atoms with Gasteiger partial charge in [0.2, 0.25) is 0 Å².